The van der Waals surface area contributed by atoms with Gasteiger partial charge in [-0.3, -0.25) is 4.79 Å². The number of carbonyl (C=O) groups is 1. The predicted molar refractivity (Wildman–Crippen MR) is 85.9 cm³/mol. The number of imidazole rings is 1. The SMILES string of the molecule is CCOc1ccc(C(=O)NC(c2nccn2C)C(C)C)cc1. The summed E-state index contributed by atoms with van der Waals surface area (Å²) in [7, 11) is 1.93. The number of benzene rings is 1. The number of hydrogen-bond donors (Lipinski definition) is 1. The zero-order chi connectivity index (χ0) is 16.1. The van der Waals surface area contributed by atoms with E-state index in [1.807, 2.05) is 36.9 Å². The molecule has 0 aliphatic rings. The molecule has 0 saturated heterocycles. The van der Waals surface area contributed by atoms with Crippen molar-refractivity contribution < 1.29 is 9.53 Å². The van der Waals surface area contributed by atoms with Gasteiger partial charge in [-0.05, 0) is 37.1 Å². The van der Waals surface area contributed by atoms with Gasteiger partial charge >= 0.3 is 0 Å². The maximum atomic E-state index is 12.4. The summed E-state index contributed by atoms with van der Waals surface area (Å²) in [4.78, 5) is 16.8. The number of nitrogens with zero attached hydrogens (tertiary/aromatic N) is 2. The van der Waals surface area contributed by atoms with Crippen molar-refractivity contribution in [3.05, 3.63) is 48.0 Å². The lowest BCUT2D eigenvalue weighted by Crippen LogP contribution is -2.33. The molecule has 1 aromatic heterocycles. The number of rotatable bonds is 6. The molecule has 118 valence electrons. The van der Waals surface area contributed by atoms with Crippen LogP contribution in [-0.2, 0) is 7.05 Å². The number of hydrogen-bond acceptors (Lipinski definition) is 3. The lowest BCUT2D eigenvalue weighted by Gasteiger charge is -2.22. The van der Waals surface area contributed by atoms with Crippen LogP contribution in [0.25, 0.3) is 0 Å². The van der Waals surface area contributed by atoms with Gasteiger partial charge in [0.1, 0.15) is 11.6 Å². The number of nitrogens with one attached hydrogen (secondary N) is 1. The Balaban J connectivity index is 2.13. The average Bonchev–Trinajstić information content (AvgIpc) is 2.91. The van der Waals surface area contributed by atoms with Crippen molar-refractivity contribution in [2.45, 2.75) is 26.8 Å². The Morgan fingerprint density at radius 2 is 2.00 bits per heavy atom. The van der Waals surface area contributed by atoms with E-state index in [9.17, 15) is 4.79 Å². The van der Waals surface area contributed by atoms with Gasteiger partial charge in [0.2, 0.25) is 0 Å². The molecule has 1 atom stereocenters. The van der Waals surface area contributed by atoms with E-state index in [1.54, 1.807) is 18.3 Å². The summed E-state index contributed by atoms with van der Waals surface area (Å²) in [5.41, 5.74) is 0.614. The van der Waals surface area contributed by atoms with Crippen molar-refractivity contribution in [2.75, 3.05) is 6.61 Å². The summed E-state index contributed by atoms with van der Waals surface area (Å²) in [5.74, 6) is 1.76. The van der Waals surface area contributed by atoms with Crippen molar-refractivity contribution in [3.63, 3.8) is 0 Å². The van der Waals surface area contributed by atoms with E-state index in [0.717, 1.165) is 11.6 Å². The van der Waals surface area contributed by atoms with E-state index in [0.29, 0.717) is 12.2 Å². The molecule has 0 bridgehead atoms. The topological polar surface area (TPSA) is 56.1 Å². The van der Waals surface area contributed by atoms with Gasteiger partial charge in [0, 0.05) is 25.0 Å². The standard InChI is InChI=1S/C17H23N3O2/c1-5-22-14-8-6-13(7-9-14)17(21)19-15(12(2)3)16-18-10-11-20(16)4/h6-12,15H,5H2,1-4H3,(H,19,21). The van der Waals surface area contributed by atoms with E-state index in [2.05, 4.69) is 24.1 Å². The fraction of sp³-hybridized carbons (Fsp3) is 0.412. The first kappa shape index (κ1) is 16.1. The largest absolute Gasteiger partial charge is 0.494 e. The van der Waals surface area contributed by atoms with Crippen LogP contribution >= 0.6 is 0 Å². The van der Waals surface area contributed by atoms with E-state index in [-0.39, 0.29) is 17.9 Å². The van der Waals surface area contributed by atoms with Gasteiger partial charge in [0.15, 0.2) is 0 Å². The molecule has 5 nitrogen and oxygen atoms in total. The molecule has 1 unspecified atom stereocenters. The third-order valence-corrected chi connectivity index (χ3v) is 3.52. The van der Waals surface area contributed by atoms with Crippen LogP contribution in [0.15, 0.2) is 36.7 Å². The summed E-state index contributed by atoms with van der Waals surface area (Å²) in [6, 6.07) is 7.04. The van der Waals surface area contributed by atoms with Crippen LogP contribution in [0.5, 0.6) is 5.75 Å². The molecule has 1 amide bonds. The maximum absolute atomic E-state index is 12.4. The van der Waals surface area contributed by atoms with Gasteiger partial charge in [-0.25, -0.2) is 4.98 Å². The molecule has 0 fully saturated rings. The molecule has 5 heteroatoms. The van der Waals surface area contributed by atoms with Crippen molar-refractivity contribution in [1.29, 1.82) is 0 Å². The Morgan fingerprint density at radius 3 is 2.50 bits per heavy atom. The van der Waals surface area contributed by atoms with Crippen molar-refractivity contribution in [3.8, 4) is 5.75 Å². The van der Waals surface area contributed by atoms with E-state index < -0.39 is 0 Å². The molecular weight excluding hydrogens is 278 g/mol. The molecule has 0 aliphatic heterocycles. The number of aromatic nitrogens is 2. The first-order chi connectivity index (χ1) is 10.5. The molecule has 22 heavy (non-hydrogen) atoms. The van der Waals surface area contributed by atoms with E-state index >= 15 is 0 Å². The molecule has 0 saturated carbocycles. The Bertz CT molecular complexity index is 617. The molecule has 1 aromatic carbocycles. The maximum Gasteiger partial charge on any atom is 0.251 e. The highest BCUT2D eigenvalue weighted by Gasteiger charge is 2.22. The van der Waals surface area contributed by atoms with E-state index in [4.69, 9.17) is 4.74 Å². The molecule has 0 aliphatic carbocycles. The van der Waals surface area contributed by atoms with Gasteiger partial charge in [0.25, 0.3) is 5.91 Å². The summed E-state index contributed by atoms with van der Waals surface area (Å²) < 4.78 is 7.32. The Morgan fingerprint density at radius 1 is 1.32 bits per heavy atom. The van der Waals surface area contributed by atoms with Crippen LogP contribution in [-0.4, -0.2) is 22.1 Å². The lowest BCUT2D eigenvalue weighted by atomic mass is 10.0. The predicted octanol–water partition coefficient (Wildman–Crippen LogP) is 2.95. The zero-order valence-electron chi connectivity index (χ0n) is 13.5. The van der Waals surface area contributed by atoms with Crippen LogP contribution in [0, 0.1) is 5.92 Å². The highest BCUT2D eigenvalue weighted by atomic mass is 16.5. The molecular formula is C17H23N3O2. The number of ether oxygens (including phenoxy) is 1. The fourth-order valence-corrected chi connectivity index (χ4v) is 2.30. The van der Waals surface area contributed by atoms with Gasteiger partial charge in [-0.2, -0.15) is 0 Å². The molecule has 0 spiro atoms. The van der Waals surface area contributed by atoms with Crippen molar-refractivity contribution in [1.82, 2.24) is 14.9 Å². The van der Waals surface area contributed by atoms with Gasteiger partial charge in [-0.1, -0.05) is 13.8 Å². The second-order valence-electron chi connectivity index (χ2n) is 5.55. The lowest BCUT2D eigenvalue weighted by molar-refractivity contribution is 0.0922. The summed E-state index contributed by atoms with van der Waals surface area (Å²) in [6.45, 7) is 6.68. The molecule has 2 rings (SSSR count). The Labute approximate surface area is 131 Å². The molecule has 0 radical (unpaired) electrons. The van der Waals surface area contributed by atoms with Crippen LogP contribution in [0.1, 0.15) is 43.0 Å². The smallest absolute Gasteiger partial charge is 0.251 e. The quantitative estimate of drug-likeness (QED) is 0.892. The normalized spacial score (nSPS) is 12.2. The number of aryl methyl sites for hydroxylation is 1. The van der Waals surface area contributed by atoms with Crippen LogP contribution < -0.4 is 10.1 Å². The third kappa shape index (κ3) is 3.67. The second kappa shape index (κ2) is 7.11. The average molecular weight is 301 g/mol. The summed E-state index contributed by atoms with van der Waals surface area (Å²) in [5, 5.41) is 3.06. The van der Waals surface area contributed by atoms with Gasteiger partial charge in [-0.15, -0.1) is 0 Å². The minimum atomic E-state index is -0.126. The van der Waals surface area contributed by atoms with Gasteiger partial charge in [0.05, 0.1) is 12.6 Å². The minimum Gasteiger partial charge on any atom is -0.494 e. The minimum absolute atomic E-state index is 0.107. The van der Waals surface area contributed by atoms with Gasteiger partial charge < -0.3 is 14.6 Å². The summed E-state index contributed by atoms with van der Waals surface area (Å²) >= 11 is 0. The zero-order valence-corrected chi connectivity index (χ0v) is 13.5. The first-order valence-corrected chi connectivity index (χ1v) is 7.53. The first-order valence-electron chi connectivity index (χ1n) is 7.53. The number of carbonyl (C=O) groups excluding carboxylic acids is 1. The third-order valence-electron chi connectivity index (χ3n) is 3.52. The van der Waals surface area contributed by atoms with Crippen LogP contribution in [0.4, 0.5) is 0 Å². The second-order valence-corrected chi connectivity index (χ2v) is 5.55. The van der Waals surface area contributed by atoms with Crippen LogP contribution in [0.2, 0.25) is 0 Å². The van der Waals surface area contributed by atoms with E-state index in [1.165, 1.54) is 0 Å². The Kier molecular flexibility index (Phi) is 5.20. The summed E-state index contributed by atoms with van der Waals surface area (Å²) in [6.07, 6.45) is 3.63. The van der Waals surface area contributed by atoms with Crippen molar-refractivity contribution >= 4 is 5.91 Å². The monoisotopic (exact) mass is 301 g/mol. The molecule has 2 aromatic rings. The fourth-order valence-electron chi connectivity index (χ4n) is 2.30. The highest BCUT2D eigenvalue weighted by Crippen LogP contribution is 2.20. The van der Waals surface area contributed by atoms with Crippen molar-refractivity contribution in [2.24, 2.45) is 13.0 Å². The number of amides is 1. The highest BCUT2D eigenvalue weighted by molar-refractivity contribution is 5.94. The van der Waals surface area contributed by atoms with Crippen LogP contribution in [0.3, 0.4) is 0 Å². The molecule has 1 N–H and O–H groups in total. The molecule has 1 heterocycles. The Hall–Kier alpha value is -2.30.